The van der Waals surface area contributed by atoms with Crippen molar-refractivity contribution >= 4 is 27.5 Å². The summed E-state index contributed by atoms with van der Waals surface area (Å²) in [5.74, 6) is 2.53. The predicted octanol–water partition coefficient (Wildman–Crippen LogP) is 4.93. The largest absolute Gasteiger partial charge is 0.493 e. The van der Waals surface area contributed by atoms with Crippen molar-refractivity contribution in [3.63, 3.8) is 0 Å². The van der Waals surface area contributed by atoms with Gasteiger partial charge < -0.3 is 9.47 Å². The highest BCUT2D eigenvalue weighted by Gasteiger charge is 2.30. The van der Waals surface area contributed by atoms with Crippen LogP contribution in [0.25, 0.3) is 0 Å². The number of halogens is 1. The van der Waals surface area contributed by atoms with Gasteiger partial charge in [-0.05, 0) is 72.5 Å². The maximum Gasteiger partial charge on any atom is 0.271 e. The van der Waals surface area contributed by atoms with E-state index in [-0.39, 0.29) is 5.91 Å². The Hall–Kier alpha value is -1.56. The number of methoxy groups -OCH3 is 1. The summed E-state index contributed by atoms with van der Waals surface area (Å²) in [6, 6.07) is 3.42. The van der Waals surface area contributed by atoms with Gasteiger partial charge in [0.2, 0.25) is 0 Å². The van der Waals surface area contributed by atoms with E-state index in [9.17, 15) is 4.79 Å². The molecule has 2 aliphatic rings. The van der Waals surface area contributed by atoms with Gasteiger partial charge in [0.15, 0.2) is 11.5 Å². The van der Waals surface area contributed by atoms with Gasteiger partial charge in [0.25, 0.3) is 5.91 Å². The molecule has 0 aliphatic heterocycles. The smallest absolute Gasteiger partial charge is 0.271 e. The van der Waals surface area contributed by atoms with Crippen molar-refractivity contribution in [2.45, 2.75) is 51.9 Å². The molecule has 2 fully saturated rings. The Bertz CT molecular complexity index is 690. The van der Waals surface area contributed by atoms with Crippen LogP contribution in [0.1, 0.15) is 62.2 Å². The zero-order chi connectivity index (χ0) is 18.5. The first-order valence-electron chi connectivity index (χ1n) is 9.48. The minimum Gasteiger partial charge on any atom is -0.493 e. The van der Waals surface area contributed by atoms with Crippen molar-refractivity contribution in [3.05, 3.63) is 22.2 Å². The number of rotatable bonds is 5. The molecule has 0 aromatic heterocycles. The number of benzene rings is 1. The zero-order valence-corrected chi connectivity index (χ0v) is 17.1. The van der Waals surface area contributed by atoms with Crippen molar-refractivity contribution in [2.24, 2.45) is 16.9 Å². The average molecular weight is 423 g/mol. The first-order chi connectivity index (χ1) is 12.6. The second-order valence-electron chi connectivity index (χ2n) is 7.09. The van der Waals surface area contributed by atoms with Gasteiger partial charge in [-0.1, -0.05) is 19.3 Å². The van der Waals surface area contributed by atoms with Crippen LogP contribution in [0.3, 0.4) is 0 Å². The number of nitrogens with one attached hydrogen (secondary N) is 1. The standard InChI is InChI=1S/C20H27BrN2O3/c1-3-26-19-17(21)11-15(12-18(19)25-2)20(24)23-22-16-9-8-13-6-4-5-7-14(13)10-16/h11-14H,3-10H2,1-2H3,(H,23,24)/b22-16-/t13-,14-/m1/s1. The molecule has 1 N–H and O–H groups in total. The maximum atomic E-state index is 12.5. The molecule has 0 heterocycles. The third kappa shape index (κ3) is 4.40. The molecular weight excluding hydrogens is 396 g/mol. The number of hydrogen-bond acceptors (Lipinski definition) is 4. The summed E-state index contributed by atoms with van der Waals surface area (Å²) in [4.78, 5) is 12.5. The number of hydrazone groups is 1. The molecule has 2 atom stereocenters. The van der Waals surface area contributed by atoms with E-state index in [0.717, 1.165) is 30.4 Å². The lowest BCUT2D eigenvalue weighted by Gasteiger charge is -2.35. The predicted molar refractivity (Wildman–Crippen MR) is 106 cm³/mol. The maximum absolute atomic E-state index is 12.5. The number of carbonyl (C=O) groups is 1. The highest BCUT2D eigenvalue weighted by atomic mass is 79.9. The summed E-state index contributed by atoms with van der Waals surface area (Å²) in [6.45, 7) is 2.43. The molecule has 142 valence electrons. The third-order valence-electron chi connectivity index (χ3n) is 5.46. The van der Waals surface area contributed by atoms with Gasteiger partial charge in [0.1, 0.15) is 0 Å². The molecule has 1 aromatic rings. The fourth-order valence-corrected chi connectivity index (χ4v) is 4.68. The minimum atomic E-state index is -0.231. The lowest BCUT2D eigenvalue weighted by molar-refractivity contribution is 0.0953. The summed E-state index contributed by atoms with van der Waals surface area (Å²) in [5.41, 5.74) is 4.34. The van der Waals surface area contributed by atoms with E-state index < -0.39 is 0 Å². The number of hydrogen-bond donors (Lipinski definition) is 1. The number of fused-ring (bicyclic) bond motifs is 1. The SMILES string of the molecule is CCOc1c(Br)cc(C(=O)N/N=C2/CC[C@H]3CCCC[C@@H]3C2)cc1OC. The van der Waals surface area contributed by atoms with Gasteiger partial charge in [-0.15, -0.1) is 0 Å². The third-order valence-corrected chi connectivity index (χ3v) is 6.05. The second-order valence-corrected chi connectivity index (χ2v) is 7.94. The molecular formula is C20H27BrN2O3. The summed E-state index contributed by atoms with van der Waals surface area (Å²) in [5, 5.41) is 4.42. The van der Waals surface area contributed by atoms with Crippen LogP contribution in [0.15, 0.2) is 21.7 Å². The van der Waals surface area contributed by atoms with E-state index in [1.807, 2.05) is 6.92 Å². The van der Waals surface area contributed by atoms with E-state index in [0.29, 0.717) is 28.1 Å². The van der Waals surface area contributed by atoms with Crippen LogP contribution < -0.4 is 14.9 Å². The van der Waals surface area contributed by atoms with E-state index in [1.54, 1.807) is 19.2 Å². The highest BCUT2D eigenvalue weighted by Crippen LogP contribution is 2.39. The molecule has 26 heavy (non-hydrogen) atoms. The second kappa shape index (κ2) is 8.89. The zero-order valence-electron chi connectivity index (χ0n) is 15.5. The van der Waals surface area contributed by atoms with Crippen LogP contribution in [0.2, 0.25) is 0 Å². The number of carbonyl (C=O) groups excluding carboxylic acids is 1. The Morgan fingerprint density at radius 3 is 2.77 bits per heavy atom. The van der Waals surface area contributed by atoms with Crippen molar-refractivity contribution in [3.8, 4) is 11.5 Å². The summed E-state index contributed by atoms with van der Waals surface area (Å²) >= 11 is 3.45. The van der Waals surface area contributed by atoms with Crippen LogP contribution in [0.4, 0.5) is 0 Å². The molecule has 0 saturated heterocycles. The van der Waals surface area contributed by atoms with E-state index in [4.69, 9.17) is 9.47 Å². The molecule has 0 bridgehead atoms. The minimum absolute atomic E-state index is 0.231. The lowest BCUT2D eigenvalue weighted by Crippen LogP contribution is -2.29. The molecule has 0 radical (unpaired) electrons. The number of amides is 1. The fourth-order valence-electron chi connectivity index (χ4n) is 4.12. The topological polar surface area (TPSA) is 59.9 Å². The first-order valence-corrected chi connectivity index (χ1v) is 10.3. The van der Waals surface area contributed by atoms with Gasteiger partial charge in [0.05, 0.1) is 18.2 Å². The summed E-state index contributed by atoms with van der Waals surface area (Å²) in [7, 11) is 1.56. The molecule has 1 aromatic carbocycles. The van der Waals surface area contributed by atoms with Gasteiger partial charge in [-0.3, -0.25) is 4.79 Å². The van der Waals surface area contributed by atoms with Crippen molar-refractivity contribution in [2.75, 3.05) is 13.7 Å². The van der Waals surface area contributed by atoms with Crippen LogP contribution in [-0.4, -0.2) is 25.3 Å². The molecule has 1 amide bonds. The molecule has 2 saturated carbocycles. The quantitative estimate of drug-likeness (QED) is 0.683. The Kier molecular flexibility index (Phi) is 6.57. The van der Waals surface area contributed by atoms with Crippen LogP contribution in [0, 0.1) is 11.8 Å². The van der Waals surface area contributed by atoms with Gasteiger partial charge in [0, 0.05) is 11.3 Å². The molecule has 2 aliphatic carbocycles. The lowest BCUT2D eigenvalue weighted by atomic mass is 9.70. The summed E-state index contributed by atoms with van der Waals surface area (Å²) < 4.78 is 11.6. The highest BCUT2D eigenvalue weighted by molar-refractivity contribution is 9.10. The van der Waals surface area contributed by atoms with Crippen molar-refractivity contribution < 1.29 is 14.3 Å². The van der Waals surface area contributed by atoms with E-state index in [1.165, 1.54) is 32.1 Å². The molecule has 3 rings (SSSR count). The number of ether oxygens (including phenoxy) is 2. The first kappa shape index (κ1) is 19.2. The Balaban J connectivity index is 1.67. The Labute approximate surface area is 163 Å². The monoisotopic (exact) mass is 422 g/mol. The van der Waals surface area contributed by atoms with Crippen LogP contribution in [-0.2, 0) is 0 Å². The Morgan fingerprint density at radius 2 is 2.04 bits per heavy atom. The molecule has 0 unspecified atom stereocenters. The molecule has 0 spiro atoms. The fraction of sp³-hybridized carbons (Fsp3) is 0.600. The Morgan fingerprint density at radius 1 is 1.27 bits per heavy atom. The van der Waals surface area contributed by atoms with E-state index >= 15 is 0 Å². The summed E-state index contributed by atoms with van der Waals surface area (Å²) in [6.07, 6.45) is 8.62. The van der Waals surface area contributed by atoms with Crippen LogP contribution >= 0.6 is 15.9 Å². The molecule has 5 nitrogen and oxygen atoms in total. The van der Waals surface area contributed by atoms with Gasteiger partial charge in [-0.2, -0.15) is 5.10 Å². The van der Waals surface area contributed by atoms with Crippen molar-refractivity contribution in [1.82, 2.24) is 5.43 Å². The van der Waals surface area contributed by atoms with Gasteiger partial charge in [-0.25, -0.2) is 5.43 Å². The van der Waals surface area contributed by atoms with E-state index in [2.05, 4.69) is 26.5 Å². The number of nitrogens with zero attached hydrogens (tertiary/aromatic N) is 1. The van der Waals surface area contributed by atoms with Crippen molar-refractivity contribution in [1.29, 1.82) is 0 Å². The molecule has 6 heteroatoms. The van der Waals surface area contributed by atoms with Crippen LogP contribution in [0.5, 0.6) is 11.5 Å². The normalized spacial score (nSPS) is 24.0. The van der Waals surface area contributed by atoms with Gasteiger partial charge >= 0.3 is 0 Å². The average Bonchev–Trinajstić information content (AvgIpc) is 2.67.